The molecule has 0 spiro atoms. The number of ether oxygens (including phenoxy) is 1. The van der Waals surface area contributed by atoms with Gasteiger partial charge in [0.2, 0.25) is 0 Å². The molecule has 180 valence electrons. The van der Waals surface area contributed by atoms with E-state index in [-0.39, 0.29) is 5.56 Å². The Labute approximate surface area is 209 Å². The summed E-state index contributed by atoms with van der Waals surface area (Å²) in [6, 6.07) is 16.3. The average Bonchev–Trinajstić information content (AvgIpc) is 3.02. The van der Waals surface area contributed by atoms with Gasteiger partial charge < -0.3 is 19.8 Å². The standard InChI is InChI=1S/C28H27ClN2O4/c29-22-8-6-21(7-9-22)28(34)11-15-31(16-12-28)14-2-4-24-23-10-5-19(27(32)33)17-25(23)35-18-20-3-1-13-30-26(20)24/h1,3-10,13,17,34H,2,11-12,14-16,18H2,(H,32,33)/b24-4-. The maximum absolute atomic E-state index is 11.5. The summed E-state index contributed by atoms with van der Waals surface area (Å²) in [5, 5.41) is 21.2. The number of nitrogens with zero attached hydrogens (tertiary/aromatic N) is 2. The van der Waals surface area contributed by atoms with Crippen molar-refractivity contribution in [1.82, 2.24) is 9.88 Å². The molecule has 1 aromatic heterocycles. The highest BCUT2D eigenvalue weighted by Crippen LogP contribution is 2.37. The normalized spacial score (nSPS) is 18.3. The Hall–Kier alpha value is -3.19. The predicted molar refractivity (Wildman–Crippen MR) is 135 cm³/mol. The molecule has 35 heavy (non-hydrogen) atoms. The summed E-state index contributed by atoms with van der Waals surface area (Å²) in [6.45, 7) is 2.80. The van der Waals surface area contributed by atoms with Crippen LogP contribution in [0.25, 0.3) is 5.57 Å². The largest absolute Gasteiger partial charge is 0.488 e. The van der Waals surface area contributed by atoms with Crippen LogP contribution in [0.5, 0.6) is 5.75 Å². The summed E-state index contributed by atoms with van der Waals surface area (Å²) in [7, 11) is 0. The molecular weight excluding hydrogens is 464 g/mol. The number of likely N-dealkylation sites (tertiary alicyclic amines) is 1. The molecule has 3 heterocycles. The Morgan fingerprint density at radius 2 is 1.91 bits per heavy atom. The molecule has 1 fully saturated rings. The number of halogens is 1. The molecule has 3 aromatic rings. The predicted octanol–water partition coefficient (Wildman–Crippen LogP) is 5.13. The molecule has 0 amide bonds. The molecule has 2 aliphatic rings. The molecular formula is C28H27ClN2O4. The van der Waals surface area contributed by atoms with Crippen LogP contribution in [-0.4, -0.2) is 45.7 Å². The highest BCUT2D eigenvalue weighted by atomic mass is 35.5. The fraction of sp³-hybridized carbons (Fsp3) is 0.286. The third-order valence-electron chi connectivity index (χ3n) is 6.91. The number of pyridine rings is 1. The van der Waals surface area contributed by atoms with Gasteiger partial charge in [-0.15, -0.1) is 0 Å². The number of fused-ring (bicyclic) bond motifs is 2. The maximum atomic E-state index is 11.5. The molecule has 0 bridgehead atoms. The Kier molecular flexibility index (Phi) is 6.60. The van der Waals surface area contributed by atoms with E-state index in [0.717, 1.165) is 54.0 Å². The lowest BCUT2D eigenvalue weighted by molar-refractivity contribution is -0.0254. The third kappa shape index (κ3) is 4.96. The van der Waals surface area contributed by atoms with E-state index in [4.69, 9.17) is 16.3 Å². The van der Waals surface area contributed by atoms with Crippen molar-refractivity contribution in [1.29, 1.82) is 0 Å². The summed E-state index contributed by atoms with van der Waals surface area (Å²) in [6.07, 6.45) is 6.07. The van der Waals surface area contributed by atoms with Crippen molar-refractivity contribution in [3.63, 3.8) is 0 Å². The zero-order chi connectivity index (χ0) is 24.4. The summed E-state index contributed by atoms with van der Waals surface area (Å²) >= 11 is 6.00. The minimum Gasteiger partial charge on any atom is -0.488 e. The Bertz CT molecular complexity index is 1260. The van der Waals surface area contributed by atoms with Crippen molar-refractivity contribution in [2.45, 2.75) is 31.5 Å². The highest BCUT2D eigenvalue weighted by molar-refractivity contribution is 6.30. The maximum Gasteiger partial charge on any atom is 0.335 e. The van der Waals surface area contributed by atoms with Crippen LogP contribution in [0.4, 0.5) is 0 Å². The van der Waals surface area contributed by atoms with E-state index in [1.807, 2.05) is 42.5 Å². The summed E-state index contributed by atoms with van der Waals surface area (Å²) in [5.41, 5.74) is 3.94. The first kappa shape index (κ1) is 23.5. The lowest BCUT2D eigenvalue weighted by Crippen LogP contribution is -2.42. The molecule has 0 unspecified atom stereocenters. The number of aromatic carboxylic acids is 1. The minimum atomic E-state index is -0.981. The number of piperidine rings is 1. The first-order valence-corrected chi connectivity index (χ1v) is 12.2. The second-order valence-corrected chi connectivity index (χ2v) is 9.54. The van der Waals surface area contributed by atoms with Gasteiger partial charge in [0.1, 0.15) is 12.4 Å². The number of benzene rings is 2. The fourth-order valence-electron chi connectivity index (χ4n) is 4.87. The summed E-state index contributed by atoms with van der Waals surface area (Å²) in [4.78, 5) is 18.4. The van der Waals surface area contributed by atoms with Gasteiger partial charge >= 0.3 is 5.97 Å². The van der Waals surface area contributed by atoms with Gasteiger partial charge in [-0.3, -0.25) is 4.98 Å². The van der Waals surface area contributed by atoms with Crippen molar-refractivity contribution in [3.05, 3.63) is 99.8 Å². The van der Waals surface area contributed by atoms with Gasteiger partial charge in [0.05, 0.1) is 16.9 Å². The number of rotatable bonds is 5. The van der Waals surface area contributed by atoms with E-state index in [9.17, 15) is 15.0 Å². The SMILES string of the molecule is O=C(O)c1ccc2c(c1)OCc1cccnc1/C2=C\CCN1CCC(O)(c2ccc(Cl)cc2)CC1. The van der Waals surface area contributed by atoms with Crippen LogP contribution in [-0.2, 0) is 12.2 Å². The van der Waals surface area contributed by atoms with E-state index in [2.05, 4.69) is 16.0 Å². The van der Waals surface area contributed by atoms with Crippen LogP contribution < -0.4 is 4.74 Å². The van der Waals surface area contributed by atoms with Gasteiger partial charge in [0.15, 0.2) is 0 Å². The topological polar surface area (TPSA) is 82.9 Å². The van der Waals surface area contributed by atoms with E-state index in [1.165, 1.54) is 0 Å². The quantitative estimate of drug-likeness (QED) is 0.516. The smallest absolute Gasteiger partial charge is 0.335 e. The number of hydrogen-bond acceptors (Lipinski definition) is 5. The molecule has 0 aliphatic carbocycles. The zero-order valence-electron chi connectivity index (χ0n) is 19.3. The Balaban J connectivity index is 1.32. The number of aromatic nitrogens is 1. The van der Waals surface area contributed by atoms with Crippen LogP contribution >= 0.6 is 11.6 Å². The molecule has 0 atom stereocenters. The van der Waals surface area contributed by atoms with Gasteiger partial charge in [0.25, 0.3) is 0 Å². The van der Waals surface area contributed by atoms with Gasteiger partial charge in [-0.2, -0.15) is 0 Å². The number of carboxylic acids is 1. The van der Waals surface area contributed by atoms with E-state index in [1.54, 1.807) is 18.3 Å². The van der Waals surface area contributed by atoms with Gasteiger partial charge in [0, 0.05) is 47.6 Å². The molecule has 2 aliphatic heterocycles. The zero-order valence-corrected chi connectivity index (χ0v) is 20.0. The van der Waals surface area contributed by atoms with E-state index in [0.29, 0.717) is 30.2 Å². The van der Waals surface area contributed by atoms with Crippen LogP contribution in [0.15, 0.2) is 66.9 Å². The number of carbonyl (C=O) groups is 1. The first-order chi connectivity index (χ1) is 16.9. The molecule has 1 saturated heterocycles. The number of aliphatic hydroxyl groups is 1. The van der Waals surface area contributed by atoms with E-state index < -0.39 is 11.6 Å². The third-order valence-corrected chi connectivity index (χ3v) is 7.16. The molecule has 6 nitrogen and oxygen atoms in total. The Morgan fingerprint density at radius 3 is 2.66 bits per heavy atom. The highest BCUT2D eigenvalue weighted by Gasteiger charge is 2.33. The average molecular weight is 491 g/mol. The summed E-state index contributed by atoms with van der Waals surface area (Å²) in [5.74, 6) is -0.425. The van der Waals surface area contributed by atoms with Gasteiger partial charge in [-0.1, -0.05) is 35.9 Å². The molecule has 2 N–H and O–H groups in total. The van der Waals surface area contributed by atoms with Crippen LogP contribution in [0.1, 0.15) is 52.0 Å². The monoisotopic (exact) mass is 490 g/mol. The minimum absolute atomic E-state index is 0.198. The van der Waals surface area contributed by atoms with Crippen molar-refractivity contribution >= 4 is 23.1 Å². The lowest BCUT2D eigenvalue weighted by Gasteiger charge is -2.38. The van der Waals surface area contributed by atoms with Crippen LogP contribution in [0.2, 0.25) is 5.02 Å². The summed E-state index contributed by atoms with van der Waals surface area (Å²) < 4.78 is 5.97. The van der Waals surface area contributed by atoms with Crippen molar-refractivity contribution < 1.29 is 19.7 Å². The first-order valence-electron chi connectivity index (χ1n) is 11.8. The molecule has 5 rings (SSSR count). The van der Waals surface area contributed by atoms with Gasteiger partial charge in [-0.25, -0.2) is 4.79 Å². The van der Waals surface area contributed by atoms with Crippen molar-refractivity contribution in [2.24, 2.45) is 0 Å². The van der Waals surface area contributed by atoms with E-state index >= 15 is 0 Å². The molecule has 0 saturated carbocycles. The van der Waals surface area contributed by atoms with Crippen molar-refractivity contribution in [2.75, 3.05) is 19.6 Å². The van der Waals surface area contributed by atoms with Crippen LogP contribution in [0, 0.1) is 0 Å². The molecule has 2 aromatic carbocycles. The molecule has 7 heteroatoms. The second-order valence-electron chi connectivity index (χ2n) is 9.10. The van der Waals surface area contributed by atoms with Crippen LogP contribution in [0.3, 0.4) is 0 Å². The van der Waals surface area contributed by atoms with Crippen molar-refractivity contribution in [3.8, 4) is 5.75 Å². The second kappa shape index (κ2) is 9.82. The Morgan fingerprint density at radius 1 is 1.14 bits per heavy atom. The number of hydrogen-bond donors (Lipinski definition) is 2. The van der Waals surface area contributed by atoms with Gasteiger partial charge in [-0.05, 0) is 61.2 Å². The molecule has 0 radical (unpaired) electrons. The number of carboxylic acid groups (broad SMARTS) is 1. The fourth-order valence-corrected chi connectivity index (χ4v) is 5.00. The lowest BCUT2D eigenvalue weighted by atomic mass is 9.84.